The second-order valence-electron chi connectivity index (χ2n) is 7.46. The molecule has 0 radical (unpaired) electrons. The monoisotopic (exact) mass is 417 g/mol. The average molecular weight is 418 g/mol. The van der Waals surface area contributed by atoms with E-state index in [1.54, 1.807) is 25.2 Å². The molecule has 1 aliphatic carbocycles. The molecule has 2 N–H and O–H groups in total. The number of hydrogen-bond acceptors (Lipinski definition) is 4. The minimum absolute atomic E-state index is 0.0961. The molecule has 1 aliphatic rings. The normalized spacial score (nSPS) is 21.4. The summed E-state index contributed by atoms with van der Waals surface area (Å²) < 4.78 is 26.5. The van der Waals surface area contributed by atoms with Gasteiger partial charge in [-0.1, -0.05) is 20.8 Å². The molecule has 5 nitrogen and oxygen atoms in total. The molecule has 2 rings (SSSR count). The van der Waals surface area contributed by atoms with Gasteiger partial charge in [-0.3, -0.25) is 4.79 Å². The average Bonchev–Trinajstić information content (AvgIpc) is 3.09. The number of hydrogen-bond donors (Lipinski definition) is 2. The van der Waals surface area contributed by atoms with E-state index in [2.05, 4.69) is 11.6 Å². The Morgan fingerprint density at radius 3 is 2.33 bits per heavy atom. The summed E-state index contributed by atoms with van der Waals surface area (Å²) in [5, 5.41) is 10.4. The number of carboxylic acid groups (broad SMARTS) is 1. The molecular weight excluding hydrogens is 382 g/mol. The number of nitrogens with one attached hydrogen (secondary N) is 1. The van der Waals surface area contributed by atoms with Gasteiger partial charge in [0, 0.05) is 11.4 Å². The van der Waals surface area contributed by atoms with E-state index >= 15 is 0 Å². The molecular formula is C20H35NO4S2. The highest BCUT2D eigenvalue weighted by atomic mass is 32.2. The zero-order valence-corrected chi connectivity index (χ0v) is 18.8. The van der Waals surface area contributed by atoms with Gasteiger partial charge in [-0.05, 0) is 74.3 Å². The number of aliphatic carboxylic acids is 1. The first-order chi connectivity index (χ1) is 12.7. The molecule has 1 saturated carbocycles. The first kappa shape index (κ1) is 24.1. The molecule has 0 aliphatic heterocycles. The summed E-state index contributed by atoms with van der Waals surface area (Å²) in [6.45, 7) is 10.0. The first-order valence-electron chi connectivity index (χ1n) is 9.96. The second kappa shape index (κ2) is 11.2. The van der Waals surface area contributed by atoms with Crippen molar-refractivity contribution < 1.29 is 18.3 Å². The minimum atomic E-state index is -3.19. The zero-order chi connectivity index (χ0) is 20.6. The smallest absolute Gasteiger partial charge is 0.307 e. The molecule has 156 valence electrons. The van der Waals surface area contributed by atoms with Crippen LogP contribution in [0.15, 0.2) is 11.4 Å². The van der Waals surface area contributed by atoms with Gasteiger partial charge in [0.1, 0.15) is 0 Å². The van der Waals surface area contributed by atoms with E-state index in [1.165, 1.54) is 4.88 Å². The van der Waals surface area contributed by atoms with Crippen molar-refractivity contribution in [1.82, 2.24) is 4.72 Å². The van der Waals surface area contributed by atoms with Gasteiger partial charge in [-0.25, -0.2) is 13.1 Å². The minimum Gasteiger partial charge on any atom is -0.481 e. The maximum Gasteiger partial charge on any atom is 0.307 e. The molecule has 1 aromatic rings. The summed E-state index contributed by atoms with van der Waals surface area (Å²) in [7, 11) is -3.19. The van der Waals surface area contributed by atoms with Crippen molar-refractivity contribution in [2.75, 3.05) is 6.54 Å². The van der Waals surface area contributed by atoms with Gasteiger partial charge in [-0.15, -0.1) is 11.3 Å². The third-order valence-electron chi connectivity index (χ3n) is 5.24. The summed E-state index contributed by atoms with van der Waals surface area (Å²) in [6, 6.07) is 2.05. The summed E-state index contributed by atoms with van der Waals surface area (Å²) in [6.07, 6.45) is 4.49. The maximum atomic E-state index is 11.9. The fourth-order valence-corrected chi connectivity index (χ4v) is 5.34. The van der Waals surface area contributed by atoms with Crippen LogP contribution in [0.3, 0.4) is 0 Å². The van der Waals surface area contributed by atoms with Gasteiger partial charge in [0.25, 0.3) is 0 Å². The number of carboxylic acids is 1. The predicted molar refractivity (Wildman–Crippen MR) is 113 cm³/mol. The SMILES string of the molecule is CC.CC(CNS(=O)(=O)C(C)C)C1CCC(c2cc(CC(=O)O)cs2)CC1. The standard InChI is InChI=1S/C18H29NO4S2.C2H6/c1-12(2)25(22,23)19-10-13(3)15-4-6-16(7-5-15)17-8-14(11-24-17)9-18(20)21;1-2/h8,11-13,15-16,19H,4-7,9-10H2,1-3H3,(H,20,21);1-2H3. The summed E-state index contributed by atoms with van der Waals surface area (Å²) in [5.41, 5.74) is 0.895. The molecule has 0 bridgehead atoms. The van der Waals surface area contributed by atoms with Crippen LogP contribution in [0.25, 0.3) is 0 Å². The van der Waals surface area contributed by atoms with Crippen molar-refractivity contribution in [3.63, 3.8) is 0 Å². The van der Waals surface area contributed by atoms with Crippen molar-refractivity contribution in [3.05, 3.63) is 21.9 Å². The van der Waals surface area contributed by atoms with Crippen molar-refractivity contribution in [3.8, 4) is 0 Å². The number of thiophene rings is 1. The van der Waals surface area contributed by atoms with Crippen LogP contribution in [0.2, 0.25) is 0 Å². The van der Waals surface area contributed by atoms with Crippen LogP contribution in [0.4, 0.5) is 0 Å². The van der Waals surface area contributed by atoms with E-state index < -0.39 is 21.2 Å². The highest BCUT2D eigenvalue weighted by Gasteiger charge is 2.28. The number of rotatable bonds is 8. The highest BCUT2D eigenvalue weighted by molar-refractivity contribution is 7.90. The Morgan fingerprint density at radius 1 is 1.22 bits per heavy atom. The molecule has 1 heterocycles. The first-order valence-corrected chi connectivity index (χ1v) is 12.4. The van der Waals surface area contributed by atoms with Crippen LogP contribution in [0.1, 0.15) is 76.7 Å². The van der Waals surface area contributed by atoms with Crippen LogP contribution in [-0.4, -0.2) is 31.3 Å². The van der Waals surface area contributed by atoms with Crippen molar-refractivity contribution >= 4 is 27.3 Å². The van der Waals surface area contributed by atoms with Gasteiger partial charge in [0.2, 0.25) is 10.0 Å². The molecule has 27 heavy (non-hydrogen) atoms. The Kier molecular flexibility index (Phi) is 9.98. The molecule has 1 fully saturated rings. The lowest BCUT2D eigenvalue weighted by atomic mass is 9.76. The summed E-state index contributed by atoms with van der Waals surface area (Å²) >= 11 is 1.67. The quantitative estimate of drug-likeness (QED) is 0.645. The fraction of sp³-hybridized carbons (Fsp3) is 0.750. The zero-order valence-electron chi connectivity index (χ0n) is 17.2. The van der Waals surface area contributed by atoms with E-state index in [0.717, 1.165) is 31.2 Å². The van der Waals surface area contributed by atoms with Crippen LogP contribution in [0, 0.1) is 11.8 Å². The molecule has 1 aromatic heterocycles. The van der Waals surface area contributed by atoms with Gasteiger partial charge >= 0.3 is 5.97 Å². The lowest BCUT2D eigenvalue weighted by molar-refractivity contribution is -0.136. The van der Waals surface area contributed by atoms with Crippen molar-refractivity contribution in [2.24, 2.45) is 11.8 Å². The lowest BCUT2D eigenvalue weighted by Crippen LogP contribution is -2.36. The maximum absolute atomic E-state index is 11.9. The van der Waals surface area contributed by atoms with Gasteiger partial charge < -0.3 is 5.11 Å². The molecule has 1 unspecified atom stereocenters. The Hall–Kier alpha value is -0.920. The molecule has 0 aromatic carbocycles. The van der Waals surface area contributed by atoms with Crippen LogP contribution in [-0.2, 0) is 21.2 Å². The van der Waals surface area contributed by atoms with Gasteiger partial charge in [0.15, 0.2) is 0 Å². The largest absolute Gasteiger partial charge is 0.481 e. The van der Waals surface area contributed by atoms with E-state index in [-0.39, 0.29) is 6.42 Å². The Morgan fingerprint density at radius 2 is 1.81 bits per heavy atom. The highest BCUT2D eigenvalue weighted by Crippen LogP contribution is 2.40. The summed E-state index contributed by atoms with van der Waals surface area (Å²) in [4.78, 5) is 12.1. The van der Waals surface area contributed by atoms with Crippen molar-refractivity contribution in [2.45, 2.75) is 77.9 Å². The Labute approximate surface area is 168 Å². The van der Waals surface area contributed by atoms with Crippen LogP contribution < -0.4 is 4.72 Å². The number of carbonyl (C=O) groups is 1. The molecule has 7 heteroatoms. The molecule has 0 amide bonds. The van der Waals surface area contributed by atoms with Crippen LogP contribution in [0.5, 0.6) is 0 Å². The third-order valence-corrected chi connectivity index (χ3v) is 8.19. The number of sulfonamides is 1. The van der Waals surface area contributed by atoms with Crippen molar-refractivity contribution in [1.29, 1.82) is 0 Å². The molecule has 0 saturated heterocycles. The fourth-order valence-electron chi connectivity index (χ4n) is 3.43. The Balaban J connectivity index is 0.00000176. The van der Waals surface area contributed by atoms with E-state index in [1.807, 2.05) is 25.3 Å². The lowest BCUT2D eigenvalue weighted by Gasteiger charge is -2.32. The predicted octanol–water partition coefficient (Wildman–Crippen LogP) is 4.64. The van der Waals surface area contributed by atoms with E-state index in [4.69, 9.17) is 5.11 Å². The third kappa shape index (κ3) is 7.54. The van der Waals surface area contributed by atoms with Gasteiger partial charge in [0.05, 0.1) is 11.7 Å². The molecule has 0 spiro atoms. The Bertz CT molecular complexity index is 674. The van der Waals surface area contributed by atoms with E-state index in [9.17, 15) is 13.2 Å². The van der Waals surface area contributed by atoms with Crippen LogP contribution >= 0.6 is 11.3 Å². The van der Waals surface area contributed by atoms with E-state index in [0.29, 0.717) is 24.3 Å². The summed E-state index contributed by atoms with van der Waals surface area (Å²) in [5.74, 6) is 0.610. The molecule has 1 atom stereocenters. The van der Waals surface area contributed by atoms with Gasteiger partial charge in [-0.2, -0.15) is 0 Å². The topological polar surface area (TPSA) is 83.5 Å². The second-order valence-corrected chi connectivity index (χ2v) is 10.7.